The van der Waals surface area contributed by atoms with Crippen molar-refractivity contribution in [3.8, 4) is 0 Å². The molecule has 3 nitrogen and oxygen atoms in total. The molecule has 0 aromatic heterocycles. The lowest BCUT2D eigenvalue weighted by Crippen LogP contribution is -2.27. The van der Waals surface area contributed by atoms with E-state index in [1.807, 2.05) is 38.6 Å². The molecule has 1 aliphatic rings. The highest BCUT2D eigenvalue weighted by Crippen LogP contribution is 2.42. The van der Waals surface area contributed by atoms with E-state index < -0.39 is 11.7 Å². The van der Waals surface area contributed by atoms with E-state index in [0.717, 1.165) is 17.9 Å². The third kappa shape index (κ3) is 3.69. The van der Waals surface area contributed by atoms with Crippen LogP contribution in [0.3, 0.4) is 0 Å². The Morgan fingerprint density at radius 3 is 2.70 bits per heavy atom. The normalized spacial score (nSPS) is 17.2. The monoisotopic (exact) mass is 293 g/mol. The molecule has 1 aliphatic heterocycles. The number of nitrogens with one attached hydrogen (secondary N) is 1. The van der Waals surface area contributed by atoms with Gasteiger partial charge in [0.05, 0.1) is 0 Å². The second-order valence-electron chi connectivity index (χ2n) is 6.82. The standard InChI is InChI=1S/C16H23NO2S/c1-15(2,3)19-14(18)17-11-6-7-13-12(10-11)16(4,5)8-9-20-13/h6-7,10H,8-9H2,1-5H3,(H,17,18). The van der Waals surface area contributed by atoms with Gasteiger partial charge in [0.1, 0.15) is 5.60 Å². The van der Waals surface area contributed by atoms with Gasteiger partial charge in [0.25, 0.3) is 0 Å². The summed E-state index contributed by atoms with van der Waals surface area (Å²) < 4.78 is 5.28. The summed E-state index contributed by atoms with van der Waals surface area (Å²) in [5.74, 6) is 1.15. The minimum atomic E-state index is -0.479. The molecule has 0 unspecified atom stereocenters. The Morgan fingerprint density at radius 1 is 1.35 bits per heavy atom. The predicted octanol–water partition coefficient (Wildman–Crippen LogP) is 4.81. The highest BCUT2D eigenvalue weighted by atomic mass is 32.2. The number of carbonyl (C=O) groups excluding carboxylic acids is 1. The molecule has 1 heterocycles. The molecular weight excluding hydrogens is 270 g/mol. The van der Waals surface area contributed by atoms with Crippen LogP contribution in [0.2, 0.25) is 0 Å². The molecule has 0 bridgehead atoms. The molecule has 0 aliphatic carbocycles. The molecule has 4 heteroatoms. The topological polar surface area (TPSA) is 38.3 Å². The van der Waals surface area contributed by atoms with Gasteiger partial charge in [-0.05, 0) is 62.1 Å². The maximum absolute atomic E-state index is 11.8. The van der Waals surface area contributed by atoms with Crippen molar-refractivity contribution in [2.75, 3.05) is 11.1 Å². The Bertz CT molecular complexity index is 518. The lowest BCUT2D eigenvalue weighted by molar-refractivity contribution is 0.0636. The first-order chi connectivity index (χ1) is 9.17. The summed E-state index contributed by atoms with van der Waals surface area (Å²) in [6.45, 7) is 10.1. The number of hydrogen-bond acceptors (Lipinski definition) is 3. The van der Waals surface area contributed by atoms with Gasteiger partial charge < -0.3 is 4.74 Å². The van der Waals surface area contributed by atoms with Gasteiger partial charge in [-0.1, -0.05) is 13.8 Å². The Balaban J connectivity index is 2.17. The average Bonchev–Trinajstić information content (AvgIpc) is 2.27. The molecule has 110 valence electrons. The quantitative estimate of drug-likeness (QED) is 0.807. The van der Waals surface area contributed by atoms with Crippen molar-refractivity contribution >= 4 is 23.5 Å². The molecule has 0 radical (unpaired) electrons. The minimum Gasteiger partial charge on any atom is -0.444 e. The number of ether oxygens (including phenoxy) is 1. The summed E-state index contributed by atoms with van der Waals surface area (Å²) in [6.07, 6.45) is 0.749. The molecule has 20 heavy (non-hydrogen) atoms. The molecule has 0 atom stereocenters. The molecule has 0 spiro atoms. The number of thioether (sulfide) groups is 1. The summed E-state index contributed by atoms with van der Waals surface area (Å²) in [6, 6.07) is 6.11. The predicted molar refractivity (Wildman–Crippen MR) is 84.7 cm³/mol. The third-order valence-corrected chi connectivity index (χ3v) is 4.41. The average molecular weight is 293 g/mol. The number of anilines is 1. The fourth-order valence-electron chi connectivity index (χ4n) is 2.23. The molecule has 2 rings (SSSR count). The van der Waals surface area contributed by atoms with Crippen molar-refractivity contribution in [2.45, 2.75) is 57.0 Å². The van der Waals surface area contributed by atoms with Gasteiger partial charge in [0.15, 0.2) is 0 Å². The van der Waals surface area contributed by atoms with Gasteiger partial charge in [0, 0.05) is 10.6 Å². The first kappa shape index (κ1) is 15.2. The highest BCUT2D eigenvalue weighted by molar-refractivity contribution is 7.99. The number of fused-ring (bicyclic) bond motifs is 1. The van der Waals surface area contributed by atoms with Crippen LogP contribution in [0.4, 0.5) is 10.5 Å². The van der Waals surface area contributed by atoms with Crippen LogP contribution < -0.4 is 5.32 Å². The van der Waals surface area contributed by atoms with Gasteiger partial charge in [-0.25, -0.2) is 4.79 Å². The fraction of sp³-hybridized carbons (Fsp3) is 0.562. The molecule has 1 aromatic carbocycles. The van der Waals surface area contributed by atoms with Crippen LogP contribution in [0.25, 0.3) is 0 Å². The van der Waals surface area contributed by atoms with Crippen molar-refractivity contribution in [1.29, 1.82) is 0 Å². The summed E-state index contributed by atoms with van der Waals surface area (Å²) in [4.78, 5) is 13.1. The van der Waals surface area contributed by atoms with Crippen molar-refractivity contribution < 1.29 is 9.53 Å². The molecule has 0 saturated heterocycles. The van der Waals surface area contributed by atoms with Crippen molar-refractivity contribution in [3.05, 3.63) is 23.8 Å². The first-order valence-corrected chi connectivity index (χ1v) is 7.93. The van der Waals surface area contributed by atoms with Crippen LogP contribution in [0.1, 0.15) is 46.6 Å². The van der Waals surface area contributed by atoms with Crippen LogP contribution in [0.5, 0.6) is 0 Å². The summed E-state index contributed by atoms with van der Waals surface area (Å²) in [5, 5.41) is 2.82. The van der Waals surface area contributed by atoms with Gasteiger partial charge in [0.2, 0.25) is 0 Å². The number of rotatable bonds is 1. The van der Waals surface area contributed by atoms with Crippen molar-refractivity contribution in [3.63, 3.8) is 0 Å². The lowest BCUT2D eigenvalue weighted by Gasteiger charge is -2.32. The molecular formula is C16H23NO2S. The van der Waals surface area contributed by atoms with Crippen molar-refractivity contribution in [1.82, 2.24) is 0 Å². The van der Waals surface area contributed by atoms with E-state index in [1.54, 1.807) is 0 Å². The van der Waals surface area contributed by atoms with Gasteiger partial charge >= 0.3 is 6.09 Å². The third-order valence-electron chi connectivity index (χ3n) is 3.34. The largest absolute Gasteiger partial charge is 0.444 e. The van der Waals surface area contributed by atoms with E-state index in [1.165, 1.54) is 10.5 Å². The number of hydrogen-bond donors (Lipinski definition) is 1. The second kappa shape index (κ2) is 5.32. The summed E-state index contributed by atoms with van der Waals surface area (Å²) in [7, 11) is 0. The molecule has 1 amide bonds. The van der Waals surface area contributed by atoms with E-state index in [-0.39, 0.29) is 5.41 Å². The number of benzene rings is 1. The van der Waals surface area contributed by atoms with E-state index in [4.69, 9.17) is 4.74 Å². The zero-order valence-electron chi connectivity index (χ0n) is 12.9. The zero-order valence-corrected chi connectivity index (χ0v) is 13.7. The SMILES string of the molecule is CC(C)(C)OC(=O)Nc1ccc2c(c1)C(C)(C)CCS2. The zero-order chi connectivity index (χ0) is 15.0. The minimum absolute atomic E-state index is 0.159. The Kier molecular flexibility index (Phi) is 4.05. The highest BCUT2D eigenvalue weighted by Gasteiger charge is 2.28. The van der Waals surface area contributed by atoms with E-state index in [2.05, 4.69) is 31.3 Å². The van der Waals surface area contributed by atoms with Crippen molar-refractivity contribution in [2.24, 2.45) is 0 Å². The molecule has 1 aromatic rings. The van der Waals surface area contributed by atoms with E-state index in [0.29, 0.717) is 0 Å². The fourth-order valence-corrected chi connectivity index (χ4v) is 3.72. The Morgan fingerprint density at radius 2 is 2.05 bits per heavy atom. The maximum atomic E-state index is 11.8. The van der Waals surface area contributed by atoms with Gasteiger partial charge in [-0.15, -0.1) is 11.8 Å². The smallest absolute Gasteiger partial charge is 0.412 e. The number of amides is 1. The van der Waals surface area contributed by atoms with Crippen LogP contribution >= 0.6 is 11.8 Å². The number of carbonyl (C=O) groups is 1. The van der Waals surface area contributed by atoms with Gasteiger partial charge in [-0.3, -0.25) is 5.32 Å². The molecule has 1 N–H and O–H groups in total. The Hall–Kier alpha value is -1.16. The Labute approximate surface area is 125 Å². The molecule has 0 saturated carbocycles. The van der Waals surface area contributed by atoms with Crippen LogP contribution in [-0.4, -0.2) is 17.4 Å². The van der Waals surface area contributed by atoms with Crippen LogP contribution in [-0.2, 0) is 10.2 Å². The summed E-state index contributed by atoms with van der Waals surface area (Å²) >= 11 is 1.88. The van der Waals surface area contributed by atoms with Crippen LogP contribution in [0.15, 0.2) is 23.1 Å². The van der Waals surface area contributed by atoms with Crippen LogP contribution in [0, 0.1) is 0 Å². The lowest BCUT2D eigenvalue weighted by atomic mass is 9.81. The van der Waals surface area contributed by atoms with E-state index in [9.17, 15) is 4.79 Å². The molecule has 0 fully saturated rings. The maximum Gasteiger partial charge on any atom is 0.412 e. The summed E-state index contributed by atoms with van der Waals surface area (Å²) in [5.41, 5.74) is 1.79. The van der Waals surface area contributed by atoms with E-state index >= 15 is 0 Å². The first-order valence-electron chi connectivity index (χ1n) is 6.95. The second-order valence-corrected chi connectivity index (χ2v) is 7.96. The van der Waals surface area contributed by atoms with Gasteiger partial charge in [-0.2, -0.15) is 0 Å².